The van der Waals surface area contributed by atoms with E-state index in [1.807, 2.05) is 0 Å². The van der Waals surface area contributed by atoms with Gasteiger partial charge in [-0.1, -0.05) is 6.07 Å². The fraction of sp³-hybridized carbons (Fsp3) is 0.222. The Morgan fingerprint density at radius 3 is 2.23 bits per heavy atom. The van der Waals surface area contributed by atoms with E-state index in [2.05, 4.69) is 10.6 Å². The number of methoxy groups -OCH3 is 1. The first-order chi connectivity index (χ1) is 12.4. The van der Waals surface area contributed by atoms with E-state index < -0.39 is 10.8 Å². The minimum atomic E-state index is -0.527. The van der Waals surface area contributed by atoms with E-state index >= 15 is 0 Å². The number of benzene rings is 2. The van der Waals surface area contributed by atoms with Crippen LogP contribution in [0.5, 0.6) is 5.75 Å². The minimum absolute atomic E-state index is 0.106. The predicted octanol–water partition coefficient (Wildman–Crippen LogP) is 2.07. The molecule has 136 valence electrons. The van der Waals surface area contributed by atoms with Crippen molar-refractivity contribution in [2.75, 3.05) is 20.2 Å². The largest absolute Gasteiger partial charge is 0.497 e. The molecule has 2 amide bonds. The third-order valence-corrected chi connectivity index (χ3v) is 3.79. The van der Waals surface area contributed by atoms with E-state index in [4.69, 9.17) is 4.74 Å². The zero-order valence-corrected chi connectivity index (χ0v) is 14.4. The molecule has 0 heterocycles. The second-order valence-corrected chi connectivity index (χ2v) is 5.45. The van der Waals surface area contributed by atoms with Gasteiger partial charge in [-0.15, -0.1) is 0 Å². The number of nitrogens with zero attached hydrogens (tertiary/aromatic N) is 1. The van der Waals surface area contributed by atoms with Gasteiger partial charge in [0.25, 0.3) is 17.5 Å². The third kappa shape index (κ3) is 4.56. The topological polar surface area (TPSA) is 111 Å². The summed E-state index contributed by atoms with van der Waals surface area (Å²) < 4.78 is 5.03. The van der Waals surface area contributed by atoms with Gasteiger partial charge in [-0.3, -0.25) is 19.7 Å². The van der Waals surface area contributed by atoms with Gasteiger partial charge in [0.05, 0.1) is 12.0 Å². The van der Waals surface area contributed by atoms with Gasteiger partial charge >= 0.3 is 0 Å². The van der Waals surface area contributed by atoms with Crippen molar-refractivity contribution < 1.29 is 19.2 Å². The number of carbonyl (C=O) groups is 2. The van der Waals surface area contributed by atoms with Crippen molar-refractivity contribution in [3.05, 3.63) is 69.3 Å². The molecule has 0 unspecified atom stereocenters. The van der Waals surface area contributed by atoms with E-state index in [0.29, 0.717) is 16.9 Å². The van der Waals surface area contributed by atoms with Crippen LogP contribution in [0.1, 0.15) is 26.3 Å². The zero-order chi connectivity index (χ0) is 19.1. The normalized spacial score (nSPS) is 10.1. The highest BCUT2D eigenvalue weighted by atomic mass is 16.6. The van der Waals surface area contributed by atoms with Gasteiger partial charge in [-0.2, -0.15) is 0 Å². The first kappa shape index (κ1) is 18.9. The lowest BCUT2D eigenvalue weighted by Gasteiger charge is -2.09. The molecule has 2 aromatic rings. The molecule has 0 aliphatic carbocycles. The van der Waals surface area contributed by atoms with Gasteiger partial charge in [-0.05, 0) is 37.3 Å². The Morgan fingerprint density at radius 2 is 1.65 bits per heavy atom. The number of nitro groups is 1. The molecule has 0 aliphatic heterocycles. The summed E-state index contributed by atoms with van der Waals surface area (Å²) in [5, 5.41) is 16.2. The lowest BCUT2D eigenvalue weighted by atomic mass is 10.1. The van der Waals surface area contributed by atoms with Crippen molar-refractivity contribution in [2.45, 2.75) is 6.92 Å². The lowest BCUT2D eigenvalue weighted by Crippen LogP contribution is -2.35. The van der Waals surface area contributed by atoms with Gasteiger partial charge < -0.3 is 15.4 Å². The highest BCUT2D eigenvalue weighted by Crippen LogP contribution is 2.20. The van der Waals surface area contributed by atoms with Crippen LogP contribution in [0.25, 0.3) is 0 Å². The van der Waals surface area contributed by atoms with Gasteiger partial charge in [0.15, 0.2) is 0 Å². The van der Waals surface area contributed by atoms with Crippen LogP contribution in [0.15, 0.2) is 42.5 Å². The second kappa shape index (κ2) is 8.61. The van der Waals surface area contributed by atoms with Crippen molar-refractivity contribution in [3.63, 3.8) is 0 Å². The van der Waals surface area contributed by atoms with E-state index in [9.17, 15) is 19.7 Å². The molecule has 0 radical (unpaired) electrons. The van der Waals surface area contributed by atoms with Crippen LogP contribution < -0.4 is 15.4 Å². The number of carbonyl (C=O) groups excluding carboxylic acids is 2. The van der Waals surface area contributed by atoms with E-state index in [1.165, 1.54) is 25.1 Å². The second-order valence-electron chi connectivity index (χ2n) is 5.45. The first-order valence-corrected chi connectivity index (χ1v) is 7.88. The van der Waals surface area contributed by atoms with Crippen LogP contribution in [0, 0.1) is 17.0 Å². The molecular weight excluding hydrogens is 338 g/mol. The van der Waals surface area contributed by atoms with Crippen molar-refractivity contribution in [1.82, 2.24) is 10.6 Å². The van der Waals surface area contributed by atoms with E-state index in [1.54, 1.807) is 31.4 Å². The molecule has 8 heteroatoms. The Labute approximate surface area is 150 Å². The van der Waals surface area contributed by atoms with Gasteiger partial charge in [0.1, 0.15) is 5.75 Å². The minimum Gasteiger partial charge on any atom is -0.497 e. The number of nitro benzene ring substituents is 1. The summed E-state index contributed by atoms with van der Waals surface area (Å²) in [7, 11) is 1.54. The number of hydrogen-bond donors (Lipinski definition) is 2. The van der Waals surface area contributed by atoms with Crippen LogP contribution in [0.4, 0.5) is 5.69 Å². The highest BCUT2D eigenvalue weighted by molar-refractivity contribution is 5.97. The van der Waals surface area contributed by atoms with Gasteiger partial charge in [0, 0.05) is 35.8 Å². The SMILES string of the molecule is COc1ccc(C(=O)NCCNC(=O)c2cccc([N+](=O)[O-])c2C)cc1. The first-order valence-electron chi connectivity index (χ1n) is 7.88. The maximum atomic E-state index is 12.2. The molecule has 0 atom stereocenters. The summed E-state index contributed by atoms with van der Waals surface area (Å²) in [6.45, 7) is 1.95. The van der Waals surface area contributed by atoms with Crippen LogP contribution in [-0.4, -0.2) is 36.9 Å². The van der Waals surface area contributed by atoms with Crippen LogP contribution in [0.2, 0.25) is 0 Å². The van der Waals surface area contributed by atoms with Crippen molar-refractivity contribution in [1.29, 1.82) is 0 Å². The zero-order valence-electron chi connectivity index (χ0n) is 14.4. The average Bonchev–Trinajstić information content (AvgIpc) is 2.64. The van der Waals surface area contributed by atoms with Crippen LogP contribution in [0.3, 0.4) is 0 Å². The summed E-state index contributed by atoms with van der Waals surface area (Å²) in [5.74, 6) is -0.0422. The number of nitrogens with one attached hydrogen (secondary N) is 2. The van der Waals surface area contributed by atoms with Gasteiger partial charge in [-0.25, -0.2) is 0 Å². The smallest absolute Gasteiger partial charge is 0.273 e. The van der Waals surface area contributed by atoms with E-state index in [0.717, 1.165) is 0 Å². The molecule has 2 N–H and O–H groups in total. The number of amides is 2. The van der Waals surface area contributed by atoms with Gasteiger partial charge in [0.2, 0.25) is 0 Å². The fourth-order valence-electron chi connectivity index (χ4n) is 2.36. The Bertz CT molecular complexity index is 818. The Morgan fingerprint density at radius 1 is 1.04 bits per heavy atom. The Hall–Kier alpha value is -3.42. The van der Waals surface area contributed by atoms with Crippen molar-refractivity contribution in [2.24, 2.45) is 0 Å². The fourth-order valence-corrected chi connectivity index (χ4v) is 2.36. The summed E-state index contributed by atoms with van der Waals surface area (Å²) >= 11 is 0. The average molecular weight is 357 g/mol. The predicted molar refractivity (Wildman–Crippen MR) is 95.5 cm³/mol. The van der Waals surface area contributed by atoms with Crippen molar-refractivity contribution >= 4 is 17.5 Å². The Balaban J connectivity index is 1.86. The molecule has 0 saturated carbocycles. The molecule has 0 spiro atoms. The maximum Gasteiger partial charge on any atom is 0.273 e. The number of rotatable bonds is 7. The molecular formula is C18H19N3O5. The lowest BCUT2D eigenvalue weighted by molar-refractivity contribution is -0.385. The molecule has 2 rings (SSSR count). The van der Waals surface area contributed by atoms with Crippen molar-refractivity contribution in [3.8, 4) is 5.75 Å². The summed E-state index contributed by atoms with van der Waals surface area (Å²) in [4.78, 5) is 34.6. The third-order valence-electron chi connectivity index (χ3n) is 3.79. The Kier molecular flexibility index (Phi) is 6.26. The highest BCUT2D eigenvalue weighted by Gasteiger charge is 2.17. The summed E-state index contributed by atoms with van der Waals surface area (Å²) in [6.07, 6.45) is 0. The molecule has 8 nitrogen and oxygen atoms in total. The monoisotopic (exact) mass is 357 g/mol. The molecule has 26 heavy (non-hydrogen) atoms. The molecule has 0 saturated heterocycles. The standard InChI is InChI=1S/C18H19N3O5/c1-12-15(4-3-5-16(12)21(24)25)18(23)20-11-10-19-17(22)13-6-8-14(26-2)9-7-13/h3-9H,10-11H2,1-2H3,(H,19,22)(H,20,23). The van der Waals surface area contributed by atoms with Crippen LogP contribution in [-0.2, 0) is 0 Å². The molecule has 2 aromatic carbocycles. The van der Waals surface area contributed by atoms with Crippen LogP contribution >= 0.6 is 0 Å². The van der Waals surface area contributed by atoms with E-state index in [-0.39, 0.29) is 30.2 Å². The quantitative estimate of drug-likeness (QED) is 0.448. The number of ether oxygens (including phenoxy) is 1. The molecule has 0 aromatic heterocycles. The maximum absolute atomic E-state index is 12.2. The summed E-state index contributed by atoms with van der Waals surface area (Å²) in [6, 6.07) is 11.0. The molecule has 0 fully saturated rings. The summed E-state index contributed by atoms with van der Waals surface area (Å²) in [5.41, 5.74) is 0.912. The molecule has 0 bridgehead atoms. The molecule has 0 aliphatic rings. The number of hydrogen-bond acceptors (Lipinski definition) is 5.